The normalized spacial score (nSPS) is 26.4. The maximum atomic E-state index is 12.3. The van der Waals surface area contributed by atoms with Crippen LogP contribution in [0.3, 0.4) is 0 Å². The molecule has 1 aromatic heterocycles. The summed E-state index contributed by atoms with van der Waals surface area (Å²) < 4.78 is 0. The third-order valence-electron chi connectivity index (χ3n) is 3.83. The van der Waals surface area contributed by atoms with Crippen LogP contribution in [-0.2, 0) is 9.59 Å². The Bertz CT molecular complexity index is 490. The van der Waals surface area contributed by atoms with Gasteiger partial charge in [-0.15, -0.1) is 0 Å². The van der Waals surface area contributed by atoms with Crippen LogP contribution >= 0.6 is 0 Å². The second-order valence-electron chi connectivity index (χ2n) is 5.43. The molecule has 0 bridgehead atoms. The molecule has 0 saturated heterocycles. The van der Waals surface area contributed by atoms with Crippen LogP contribution in [-0.4, -0.2) is 27.2 Å². The number of aryl methyl sites for hydroxylation is 2. The summed E-state index contributed by atoms with van der Waals surface area (Å²) >= 11 is 0. The van der Waals surface area contributed by atoms with E-state index >= 15 is 0 Å². The van der Waals surface area contributed by atoms with E-state index in [1.54, 1.807) is 6.92 Å². The first-order chi connectivity index (χ1) is 8.90. The van der Waals surface area contributed by atoms with E-state index in [4.69, 9.17) is 0 Å². The molecule has 1 fully saturated rings. The van der Waals surface area contributed by atoms with Crippen LogP contribution in [0.1, 0.15) is 31.2 Å². The number of nitrogens with one attached hydrogen (secondary N) is 2. The Hall–Kier alpha value is -1.85. The predicted octanol–water partition coefficient (Wildman–Crippen LogP) is 1.71. The molecule has 3 atom stereocenters. The second-order valence-corrected chi connectivity index (χ2v) is 5.43. The lowest BCUT2D eigenvalue weighted by atomic mass is 9.95. The van der Waals surface area contributed by atoms with Crippen LogP contribution in [0.25, 0.3) is 0 Å². The van der Waals surface area contributed by atoms with Gasteiger partial charge in [-0.25, -0.2) is 0 Å². The Morgan fingerprint density at radius 2 is 1.95 bits per heavy atom. The zero-order valence-electron chi connectivity index (χ0n) is 11.4. The molecule has 19 heavy (non-hydrogen) atoms. The zero-order valence-corrected chi connectivity index (χ0v) is 11.4. The van der Waals surface area contributed by atoms with Gasteiger partial charge in [0, 0.05) is 0 Å². The van der Waals surface area contributed by atoms with Gasteiger partial charge in [0.15, 0.2) is 0 Å². The van der Waals surface area contributed by atoms with E-state index in [0.29, 0.717) is 24.2 Å². The molecule has 6 nitrogen and oxygen atoms in total. The van der Waals surface area contributed by atoms with E-state index in [1.807, 2.05) is 13.8 Å². The third kappa shape index (κ3) is 2.62. The molecular weight excluding hydrogens is 246 g/mol. The highest BCUT2D eigenvalue weighted by molar-refractivity contribution is 5.96. The molecule has 1 aliphatic rings. The number of carbonyl (C=O) groups excluding carboxylic acids is 1. The van der Waals surface area contributed by atoms with Gasteiger partial charge in [-0.1, -0.05) is 6.92 Å². The number of rotatable bonds is 3. The van der Waals surface area contributed by atoms with Crippen molar-refractivity contribution in [2.24, 2.45) is 17.8 Å². The molecule has 3 unspecified atom stereocenters. The molecule has 1 aromatic rings. The minimum atomic E-state index is -0.884. The smallest absolute Gasteiger partial charge is 0.307 e. The maximum absolute atomic E-state index is 12.3. The van der Waals surface area contributed by atoms with Crippen molar-refractivity contribution in [2.45, 2.75) is 33.6 Å². The highest BCUT2D eigenvalue weighted by Crippen LogP contribution is 2.37. The number of anilines is 1. The van der Waals surface area contributed by atoms with Crippen molar-refractivity contribution < 1.29 is 14.7 Å². The largest absolute Gasteiger partial charge is 0.481 e. The van der Waals surface area contributed by atoms with Gasteiger partial charge in [-0.05, 0) is 32.6 Å². The lowest BCUT2D eigenvalue weighted by molar-refractivity contribution is -0.145. The number of hydrogen-bond donors (Lipinski definition) is 3. The molecule has 104 valence electrons. The number of carboxylic acids is 1. The van der Waals surface area contributed by atoms with Crippen molar-refractivity contribution in [1.82, 2.24) is 10.2 Å². The number of amides is 1. The molecule has 1 heterocycles. The first kappa shape index (κ1) is 13.6. The number of aliphatic carboxylic acids is 1. The minimum absolute atomic E-state index is 0.218. The molecule has 2 rings (SSSR count). The zero-order chi connectivity index (χ0) is 14.2. The summed E-state index contributed by atoms with van der Waals surface area (Å²) in [5.74, 6) is -1.87. The Morgan fingerprint density at radius 3 is 2.47 bits per heavy atom. The highest BCUT2D eigenvalue weighted by atomic mass is 16.4. The molecule has 0 aromatic carbocycles. The van der Waals surface area contributed by atoms with Crippen molar-refractivity contribution >= 4 is 17.6 Å². The molecule has 6 heteroatoms. The quantitative estimate of drug-likeness (QED) is 0.775. The fourth-order valence-corrected chi connectivity index (χ4v) is 2.81. The first-order valence-corrected chi connectivity index (χ1v) is 6.45. The molecule has 1 aliphatic carbocycles. The topological polar surface area (TPSA) is 95.1 Å². The fraction of sp³-hybridized carbons (Fsp3) is 0.615. The monoisotopic (exact) mass is 265 g/mol. The maximum Gasteiger partial charge on any atom is 0.307 e. The number of aromatic amines is 1. The average molecular weight is 265 g/mol. The molecule has 3 N–H and O–H groups in total. The van der Waals surface area contributed by atoms with E-state index in [-0.39, 0.29) is 11.8 Å². The SMILES string of the molecule is Cc1n[nH]c(C)c1NC(=O)C1CC(C)CC1C(=O)O. The van der Waals surface area contributed by atoms with Crippen LogP contribution in [0, 0.1) is 31.6 Å². The number of H-pyrrole nitrogens is 1. The van der Waals surface area contributed by atoms with Crippen LogP contribution in [0.15, 0.2) is 0 Å². The van der Waals surface area contributed by atoms with Gasteiger partial charge in [-0.3, -0.25) is 14.7 Å². The van der Waals surface area contributed by atoms with Crippen molar-refractivity contribution in [2.75, 3.05) is 5.32 Å². The number of aromatic nitrogens is 2. The van der Waals surface area contributed by atoms with Gasteiger partial charge >= 0.3 is 5.97 Å². The van der Waals surface area contributed by atoms with Crippen LogP contribution in [0.2, 0.25) is 0 Å². The third-order valence-corrected chi connectivity index (χ3v) is 3.83. The van der Waals surface area contributed by atoms with E-state index in [2.05, 4.69) is 15.5 Å². The van der Waals surface area contributed by atoms with E-state index in [9.17, 15) is 14.7 Å². The van der Waals surface area contributed by atoms with Crippen molar-refractivity contribution in [3.05, 3.63) is 11.4 Å². The number of nitrogens with zero attached hydrogens (tertiary/aromatic N) is 1. The second kappa shape index (κ2) is 5.03. The standard InChI is InChI=1S/C13H19N3O3/c1-6-4-9(10(5-6)13(18)19)12(17)14-11-7(2)15-16-8(11)3/h6,9-10H,4-5H2,1-3H3,(H,14,17)(H,15,16)(H,18,19). The van der Waals surface area contributed by atoms with Gasteiger partial charge in [0.25, 0.3) is 0 Å². The lowest BCUT2D eigenvalue weighted by Gasteiger charge is -2.15. The van der Waals surface area contributed by atoms with Crippen molar-refractivity contribution in [1.29, 1.82) is 0 Å². The summed E-state index contributed by atoms with van der Waals surface area (Å²) in [7, 11) is 0. The highest BCUT2D eigenvalue weighted by Gasteiger charge is 2.41. The number of hydrogen-bond acceptors (Lipinski definition) is 3. The predicted molar refractivity (Wildman–Crippen MR) is 69.7 cm³/mol. The van der Waals surface area contributed by atoms with Crippen LogP contribution in [0.4, 0.5) is 5.69 Å². The molecule has 0 aliphatic heterocycles. The Balaban J connectivity index is 2.13. The average Bonchev–Trinajstić information content (AvgIpc) is 2.87. The van der Waals surface area contributed by atoms with Gasteiger partial charge in [-0.2, -0.15) is 5.10 Å². The summed E-state index contributed by atoms with van der Waals surface area (Å²) in [5.41, 5.74) is 2.15. The molecule has 1 amide bonds. The number of carbonyl (C=O) groups is 2. The van der Waals surface area contributed by atoms with Gasteiger partial charge in [0.1, 0.15) is 0 Å². The van der Waals surface area contributed by atoms with E-state index in [1.165, 1.54) is 0 Å². The first-order valence-electron chi connectivity index (χ1n) is 6.45. The van der Waals surface area contributed by atoms with Crippen LogP contribution < -0.4 is 5.32 Å². The fourth-order valence-electron chi connectivity index (χ4n) is 2.81. The lowest BCUT2D eigenvalue weighted by Crippen LogP contribution is -2.30. The van der Waals surface area contributed by atoms with Crippen molar-refractivity contribution in [3.63, 3.8) is 0 Å². The van der Waals surface area contributed by atoms with Gasteiger partial charge in [0.05, 0.1) is 28.9 Å². The van der Waals surface area contributed by atoms with Gasteiger partial charge in [0.2, 0.25) is 5.91 Å². The summed E-state index contributed by atoms with van der Waals surface area (Å²) in [4.78, 5) is 23.5. The summed E-state index contributed by atoms with van der Waals surface area (Å²) in [6.45, 7) is 5.60. The molecule has 1 saturated carbocycles. The van der Waals surface area contributed by atoms with Crippen molar-refractivity contribution in [3.8, 4) is 0 Å². The van der Waals surface area contributed by atoms with Crippen LogP contribution in [0.5, 0.6) is 0 Å². The minimum Gasteiger partial charge on any atom is -0.481 e. The van der Waals surface area contributed by atoms with E-state index < -0.39 is 17.8 Å². The number of carboxylic acid groups (broad SMARTS) is 1. The van der Waals surface area contributed by atoms with Gasteiger partial charge < -0.3 is 10.4 Å². The summed E-state index contributed by atoms with van der Waals surface area (Å²) in [5, 5.41) is 18.8. The Morgan fingerprint density at radius 1 is 1.32 bits per heavy atom. The summed E-state index contributed by atoms with van der Waals surface area (Å²) in [6, 6.07) is 0. The molecular formula is C13H19N3O3. The summed E-state index contributed by atoms with van der Waals surface area (Å²) in [6.07, 6.45) is 1.19. The Labute approximate surface area is 111 Å². The molecule has 0 spiro atoms. The Kier molecular flexibility index (Phi) is 3.59. The van der Waals surface area contributed by atoms with E-state index in [0.717, 1.165) is 5.69 Å². The molecule has 0 radical (unpaired) electrons.